The molecule has 0 aliphatic carbocycles. The lowest BCUT2D eigenvalue weighted by Gasteiger charge is -2.08. The van der Waals surface area contributed by atoms with Crippen molar-refractivity contribution in [2.75, 3.05) is 11.1 Å². The number of carbonyl (C=O) groups excluding carboxylic acids is 1. The van der Waals surface area contributed by atoms with Gasteiger partial charge in [0.15, 0.2) is 0 Å². The molecule has 0 aliphatic rings. The number of anilines is 2. The van der Waals surface area contributed by atoms with E-state index in [9.17, 15) is 4.79 Å². The van der Waals surface area contributed by atoms with Crippen molar-refractivity contribution in [1.82, 2.24) is 4.98 Å². The Balaban J connectivity index is 2.26. The minimum atomic E-state index is -0.258. The number of nitrogens with one attached hydrogen (secondary N) is 1. The molecular formula is C15H13N3O. The van der Waals surface area contributed by atoms with E-state index in [1.54, 1.807) is 37.3 Å². The summed E-state index contributed by atoms with van der Waals surface area (Å²) in [6.45, 7) is 1.76. The number of hydrogen-bond donors (Lipinski definition) is 2. The van der Waals surface area contributed by atoms with Crippen LogP contribution in [0.2, 0.25) is 0 Å². The number of aryl methyl sites for hydroxylation is 1. The van der Waals surface area contributed by atoms with E-state index < -0.39 is 0 Å². The summed E-state index contributed by atoms with van der Waals surface area (Å²) in [5.74, 6) is 2.26. The first-order valence-corrected chi connectivity index (χ1v) is 5.70. The second-order valence-corrected chi connectivity index (χ2v) is 4.08. The molecule has 0 fully saturated rings. The van der Waals surface area contributed by atoms with Crippen LogP contribution in [0, 0.1) is 19.3 Å². The molecule has 0 aliphatic heterocycles. The first kappa shape index (κ1) is 12.7. The van der Waals surface area contributed by atoms with Gasteiger partial charge in [0.2, 0.25) is 0 Å². The highest BCUT2D eigenvalue weighted by atomic mass is 16.1. The molecule has 2 aromatic rings. The average Bonchev–Trinajstić information content (AvgIpc) is 2.41. The Morgan fingerprint density at radius 1 is 1.42 bits per heavy atom. The van der Waals surface area contributed by atoms with Crippen molar-refractivity contribution in [2.45, 2.75) is 6.92 Å². The molecule has 19 heavy (non-hydrogen) atoms. The second kappa shape index (κ2) is 5.23. The molecule has 0 bridgehead atoms. The number of rotatable bonds is 2. The Hall–Kier alpha value is -2.80. The lowest BCUT2D eigenvalue weighted by Crippen LogP contribution is -2.14. The third kappa shape index (κ3) is 2.90. The maximum atomic E-state index is 12.1. The Morgan fingerprint density at radius 3 is 2.95 bits per heavy atom. The summed E-state index contributed by atoms with van der Waals surface area (Å²) in [4.78, 5) is 16.2. The van der Waals surface area contributed by atoms with E-state index in [-0.39, 0.29) is 5.91 Å². The molecular weight excluding hydrogens is 238 g/mol. The summed E-state index contributed by atoms with van der Waals surface area (Å²) in [6, 6.07) is 8.68. The van der Waals surface area contributed by atoms with Gasteiger partial charge < -0.3 is 11.1 Å². The normalized spacial score (nSPS) is 9.68. The third-order valence-electron chi connectivity index (χ3n) is 2.64. The standard InChI is InChI=1S/C15H13N3O/c1-3-11-5-4-6-13(7-11)18-15(19)14-8-12(16)9-17-10(14)2/h1,4-9H,16H2,2H3,(H,18,19). The Bertz CT molecular complexity index is 671. The monoisotopic (exact) mass is 251 g/mol. The molecule has 1 aromatic carbocycles. The zero-order valence-electron chi connectivity index (χ0n) is 10.5. The van der Waals surface area contributed by atoms with E-state index in [4.69, 9.17) is 12.2 Å². The first-order chi connectivity index (χ1) is 9.10. The van der Waals surface area contributed by atoms with Crippen molar-refractivity contribution in [3.05, 3.63) is 53.3 Å². The number of nitrogens with zero attached hydrogens (tertiary/aromatic N) is 1. The fourth-order valence-electron chi connectivity index (χ4n) is 1.66. The summed E-state index contributed by atoms with van der Waals surface area (Å²) < 4.78 is 0. The molecule has 1 heterocycles. The predicted molar refractivity (Wildman–Crippen MR) is 75.7 cm³/mol. The molecule has 0 saturated heterocycles. The Kier molecular flexibility index (Phi) is 3.48. The van der Waals surface area contributed by atoms with Crippen LogP contribution in [-0.2, 0) is 0 Å². The topological polar surface area (TPSA) is 68.0 Å². The molecule has 4 heteroatoms. The molecule has 1 amide bonds. The van der Waals surface area contributed by atoms with Crippen molar-refractivity contribution in [3.8, 4) is 12.3 Å². The molecule has 0 atom stereocenters. The van der Waals surface area contributed by atoms with Gasteiger partial charge in [-0.2, -0.15) is 0 Å². The van der Waals surface area contributed by atoms with Crippen LogP contribution in [-0.4, -0.2) is 10.9 Å². The molecule has 0 spiro atoms. The fourth-order valence-corrected chi connectivity index (χ4v) is 1.66. The number of aromatic nitrogens is 1. The first-order valence-electron chi connectivity index (χ1n) is 5.70. The van der Waals surface area contributed by atoms with Gasteiger partial charge in [0.05, 0.1) is 23.1 Å². The smallest absolute Gasteiger partial charge is 0.257 e. The molecule has 3 N–H and O–H groups in total. The maximum absolute atomic E-state index is 12.1. The average molecular weight is 251 g/mol. The van der Waals surface area contributed by atoms with Gasteiger partial charge in [-0.3, -0.25) is 9.78 Å². The van der Waals surface area contributed by atoms with Gasteiger partial charge in [-0.05, 0) is 31.2 Å². The molecule has 4 nitrogen and oxygen atoms in total. The number of hydrogen-bond acceptors (Lipinski definition) is 3. The van der Waals surface area contributed by atoms with Crippen LogP contribution < -0.4 is 11.1 Å². The van der Waals surface area contributed by atoms with Crippen LogP contribution in [0.5, 0.6) is 0 Å². The number of amides is 1. The molecule has 1 aromatic heterocycles. The van der Waals surface area contributed by atoms with Crippen molar-refractivity contribution < 1.29 is 4.79 Å². The van der Waals surface area contributed by atoms with Crippen molar-refractivity contribution in [1.29, 1.82) is 0 Å². The summed E-state index contributed by atoms with van der Waals surface area (Å²) in [5.41, 5.74) is 8.51. The quantitative estimate of drug-likeness (QED) is 0.804. The minimum Gasteiger partial charge on any atom is -0.397 e. The van der Waals surface area contributed by atoms with Gasteiger partial charge in [0.1, 0.15) is 0 Å². The predicted octanol–water partition coefficient (Wildman–Crippen LogP) is 2.21. The van der Waals surface area contributed by atoms with Crippen molar-refractivity contribution in [3.63, 3.8) is 0 Å². The van der Waals surface area contributed by atoms with E-state index in [0.29, 0.717) is 28.2 Å². The second-order valence-electron chi connectivity index (χ2n) is 4.08. The van der Waals surface area contributed by atoms with E-state index in [1.807, 2.05) is 0 Å². The van der Waals surface area contributed by atoms with Crippen LogP contribution >= 0.6 is 0 Å². The maximum Gasteiger partial charge on any atom is 0.257 e. The number of nitrogen functional groups attached to an aromatic ring is 1. The zero-order chi connectivity index (χ0) is 13.8. The Morgan fingerprint density at radius 2 is 2.21 bits per heavy atom. The molecule has 2 rings (SSSR count). The van der Waals surface area contributed by atoms with Gasteiger partial charge in [-0.1, -0.05) is 12.0 Å². The number of carbonyl (C=O) groups is 1. The number of pyridine rings is 1. The number of nitrogens with two attached hydrogens (primary N) is 1. The van der Waals surface area contributed by atoms with Crippen LogP contribution in [0.25, 0.3) is 0 Å². The van der Waals surface area contributed by atoms with Gasteiger partial charge in [0.25, 0.3) is 5.91 Å². The van der Waals surface area contributed by atoms with E-state index in [2.05, 4.69) is 16.2 Å². The minimum absolute atomic E-state index is 0.258. The third-order valence-corrected chi connectivity index (χ3v) is 2.64. The Labute approximate surface area is 111 Å². The van der Waals surface area contributed by atoms with Crippen LogP contribution in [0.4, 0.5) is 11.4 Å². The van der Waals surface area contributed by atoms with E-state index in [0.717, 1.165) is 0 Å². The van der Waals surface area contributed by atoms with Gasteiger partial charge in [-0.15, -0.1) is 6.42 Å². The highest BCUT2D eigenvalue weighted by Crippen LogP contribution is 2.14. The summed E-state index contributed by atoms with van der Waals surface area (Å²) in [5, 5.41) is 2.77. The van der Waals surface area contributed by atoms with Crippen LogP contribution in [0.1, 0.15) is 21.6 Å². The lowest BCUT2D eigenvalue weighted by molar-refractivity contribution is 0.102. The highest BCUT2D eigenvalue weighted by molar-refractivity contribution is 6.05. The van der Waals surface area contributed by atoms with Gasteiger partial charge in [-0.25, -0.2) is 0 Å². The molecule has 0 saturated carbocycles. The zero-order valence-corrected chi connectivity index (χ0v) is 10.5. The number of terminal acetylenes is 1. The van der Waals surface area contributed by atoms with Crippen molar-refractivity contribution >= 4 is 17.3 Å². The van der Waals surface area contributed by atoms with E-state index in [1.165, 1.54) is 6.20 Å². The molecule has 0 unspecified atom stereocenters. The highest BCUT2D eigenvalue weighted by Gasteiger charge is 2.10. The largest absolute Gasteiger partial charge is 0.397 e. The fraction of sp³-hybridized carbons (Fsp3) is 0.0667. The van der Waals surface area contributed by atoms with Gasteiger partial charge in [0, 0.05) is 11.3 Å². The summed E-state index contributed by atoms with van der Waals surface area (Å²) in [7, 11) is 0. The SMILES string of the molecule is C#Cc1cccc(NC(=O)c2cc(N)cnc2C)c1. The molecule has 94 valence electrons. The summed E-state index contributed by atoms with van der Waals surface area (Å²) >= 11 is 0. The lowest BCUT2D eigenvalue weighted by atomic mass is 10.1. The summed E-state index contributed by atoms with van der Waals surface area (Å²) in [6.07, 6.45) is 6.83. The molecule has 0 radical (unpaired) electrons. The van der Waals surface area contributed by atoms with Crippen LogP contribution in [0.15, 0.2) is 36.5 Å². The van der Waals surface area contributed by atoms with Gasteiger partial charge >= 0.3 is 0 Å². The van der Waals surface area contributed by atoms with E-state index >= 15 is 0 Å². The number of benzene rings is 1. The van der Waals surface area contributed by atoms with Crippen molar-refractivity contribution in [2.24, 2.45) is 0 Å². The van der Waals surface area contributed by atoms with Crippen LogP contribution in [0.3, 0.4) is 0 Å².